The summed E-state index contributed by atoms with van der Waals surface area (Å²) < 4.78 is 32.0. The molecule has 0 radical (unpaired) electrons. The fourth-order valence-corrected chi connectivity index (χ4v) is 3.43. The molecule has 8 heteroatoms. The maximum atomic E-state index is 12.1. The molecule has 3 N–H and O–H groups in total. The summed E-state index contributed by atoms with van der Waals surface area (Å²) >= 11 is 0. The second-order valence-corrected chi connectivity index (χ2v) is 6.07. The van der Waals surface area contributed by atoms with Gasteiger partial charge < -0.3 is 9.84 Å². The van der Waals surface area contributed by atoms with Crippen LogP contribution in [-0.4, -0.2) is 43.0 Å². The Kier molecular flexibility index (Phi) is 4.00. The van der Waals surface area contributed by atoms with E-state index >= 15 is 0 Å². The molecule has 0 saturated carbocycles. The van der Waals surface area contributed by atoms with Crippen LogP contribution in [0.1, 0.15) is 18.9 Å². The van der Waals surface area contributed by atoms with Gasteiger partial charge in [0.05, 0.1) is 19.4 Å². The number of rotatable bonds is 5. The van der Waals surface area contributed by atoms with Gasteiger partial charge in [-0.15, -0.1) is 0 Å². The molecule has 1 aromatic rings. The summed E-state index contributed by atoms with van der Waals surface area (Å²) in [5.74, 6) is 0.181. The molecule has 2 atom stereocenters. The highest BCUT2D eigenvalue weighted by molar-refractivity contribution is 7.89. The molecular weight excluding hydrogens is 258 g/mol. The number of nitrogens with zero attached hydrogens (tertiary/aromatic N) is 1. The summed E-state index contributed by atoms with van der Waals surface area (Å²) in [4.78, 5) is 0. The molecule has 1 aliphatic heterocycles. The summed E-state index contributed by atoms with van der Waals surface area (Å²) in [6.45, 7) is 2.68. The molecule has 18 heavy (non-hydrogen) atoms. The monoisotopic (exact) mass is 275 g/mol. The van der Waals surface area contributed by atoms with Gasteiger partial charge in [0.2, 0.25) is 0 Å². The predicted octanol–water partition coefficient (Wildman–Crippen LogP) is -0.395. The third-order valence-electron chi connectivity index (χ3n) is 3.13. The van der Waals surface area contributed by atoms with E-state index in [1.807, 2.05) is 6.92 Å². The van der Waals surface area contributed by atoms with Crippen molar-refractivity contribution in [1.29, 1.82) is 0 Å². The summed E-state index contributed by atoms with van der Waals surface area (Å²) in [6, 6.07) is -0.215. The van der Waals surface area contributed by atoms with E-state index in [-0.39, 0.29) is 29.2 Å². The van der Waals surface area contributed by atoms with Gasteiger partial charge in [-0.2, -0.15) is 5.10 Å². The lowest BCUT2D eigenvalue weighted by Gasteiger charge is -2.18. The fraction of sp³-hybridized carbons (Fsp3) is 0.700. The van der Waals surface area contributed by atoms with Crippen molar-refractivity contribution >= 4 is 10.0 Å². The second kappa shape index (κ2) is 5.35. The number of hydrogen-bond acceptors (Lipinski definition) is 5. The van der Waals surface area contributed by atoms with E-state index in [0.29, 0.717) is 13.2 Å². The minimum atomic E-state index is -3.68. The Morgan fingerprint density at radius 1 is 1.72 bits per heavy atom. The molecule has 2 rings (SSSR count). The average Bonchev–Trinajstić information content (AvgIpc) is 2.99. The number of hydrogen-bond donors (Lipinski definition) is 3. The quantitative estimate of drug-likeness (QED) is 0.678. The zero-order valence-corrected chi connectivity index (χ0v) is 10.9. The van der Waals surface area contributed by atoms with Gasteiger partial charge in [-0.3, -0.25) is 5.10 Å². The first kappa shape index (κ1) is 13.5. The van der Waals surface area contributed by atoms with E-state index in [0.717, 1.165) is 6.42 Å². The third-order valence-corrected chi connectivity index (χ3v) is 4.70. The zero-order chi connectivity index (χ0) is 13.2. The lowest BCUT2D eigenvalue weighted by atomic mass is 10.0. The number of nitrogens with one attached hydrogen (secondary N) is 2. The predicted molar refractivity (Wildman–Crippen MR) is 63.2 cm³/mol. The molecule has 0 bridgehead atoms. The van der Waals surface area contributed by atoms with Gasteiger partial charge in [-0.1, -0.05) is 0 Å². The van der Waals surface area contributed by atoms with Gasteiger partial charge in [0, 0.05) is 24.1 Å². The maximum Gasteiger partial charge on any atom is 0.258 e. The van der Waals surface area contributed by atoms with Crippen LogP contribution in [0.25, 0.3) is 0 Å². The highest BCUT2D eigenvalue weighted by atomic mass is 32.2. The van der Waals surface area contributed by atoms with Crippen LogP contribution in [0.15, 0.2) is 11.2 Å². The van der Waals surface area contributed by atoms with Crippen LogP contribution >= 0.6 is 0 Å². The van der Waals surface area contributed by atoms with Crippen molar-refractivity contribution in [3.8, 4) is 0 Å². The normalized spacial score (nSPS) is 22.2. The summed E-state index contributed by atoms with van der Waals surface area (Å²) in [7, 11) is -3.68. The molecule has 1 aromatic heterocycles. The minimum absolute atomic E-state index is 0.0734. The van der Waals surface area contributed by atoms with Gasteiger partial charge in [-0.25, -0.2) is 13.1 Å². The molecule has 0 amide bonds. The first-order valence-electron chi connectivity index (χ1n) is 5.78. The number of aromatic amines is 1. The Morgan fingerprint density at radius 2 is 2.50 bits per heavy atom. The smallest absolute Gasteiger partial charge is 0.258 e. The van der Waals surface area contributed by atoms with Gasteiger partial charge in [0.1, 0.15) is 0 Å². The molecule has 2 heterocycles. The topological polar surface area (TPSA) is 104 Å². The zero-order valence-electron chi connectivity index (χ0n) is 10.1. The highest BCUT2D eigenvalue weighted by Gasteiger charge is 2.28. The minimum Gasteiger partial charge on any atom is -0.392 e. The number of sulfonamides is 1. The average molecular weight is 275 g/mol. The second-order valence-electron chi connectivity index (χ2n) is 4.42. The number of aliphatic hydroxyl groups excluding tert-OH is 1. The first-order valence-corrected chi connectivity index (χ1v) is 7.26. The summed E-state index contributed by atoms with van der Waals surface area (Å²) in [6.07, 6.45) is 2.15. The molecule has 102 valence electrons. The Balaban J connectivity index is 2.11. The van der Waals surface area contributed by atoms with Crippen LogP contribution in [0.3, 0.4) is 0 Å². The van der Waals surface area contributed by atoms with Crippen LogP contribution in [0.2, 0.25) is 0 Å². The Hall–Kier alpha value is -0.960. The number of H-pyrrole nitrogens is 1. The lowest BCUT2D eigenvalue weighted by molar-refractivity contribution is 0.180. The first-order chi connectivity index (χ1) is 8.54. The van der Waals surface area contributed by atoms with Crippen LogP contribution < -0.4 is 4.72 Å². The standard InChI is InChI=1S/C10H17N3O4S/c1-7(8-2-3-17-6-8)13-18(15,16)10-9(5-14)4-11-12-10/h4,7-8,13-14H,2-3,5-6H2,1H3,(H,11,12). The van der Waals surface area contributed by atoms with Crippen molar-refractivity contribution in [2.45, 2.75) is 31.0 Å². The van der Waals surface area contributed by atoms with E-state index in [9.17, 15) is 8.42 Å². The van der Waals surface area contributed by atoms with Crippen molar-refractivity contribution < 1.29 is 18.3 Å². The summed E-state index contributed by atoms with van der Waals surface area (Å²) in [5, 5.41) is 15.0. The molecule has 0 aliphatic carbocycles. The molecule has 7 nitrogen and oxygen atoms in total. The largest absolute Gasteiger partial charge is 0.392 e. The number of ether oxygens (including phenoxy) is 1. The Labute approximate surface area is 106 Å². The van der Waals surface area contributed by atoms with Crippen molar-refractivity contribution in [2.24, 2.45) is 5.92 Å². The van der Waals surface area contributed by atoms with E-state index in [2.05, 4.69) is 14.9 Å². The van der Waals surface area contributed by atoms with Gasteiger partial charge in [0.25, 0.3) is 10.0 Å². The third kappa shape index (κ3) is 2.72. The van der Waals surface area contributed by atoms with Crippen molar-refractivity contribution in [3.05, 3.63) is 11.8 Å². The maximum absolute atomic E-state index is 12.1. The van der Waals surface area contributed by atoms with E-state index in [4.69, 9.17) is 9.84 Å². The van der Waals surface area contributed by atoms with Crippen molar-refractivity contribution in [3.63, 3.8) is 0 Å². The number of aliphatic hydroxyl groups is 1. The van der Waals surface area contributed by atoms with E-state index in [1.54, 1.807) is 0 Å². The van der Waals surface area contributed by atoms with Gasteiger partial charge >= 0.3 is 0 Å². The van der Waals surface area contributed by atoms with E-state index < -0.39 is 10.0 Å². The molecule has 1 saturated heterocycles. The molecule has 0 spiro atoms. The summed E-state index contributed by atoms with van der Waals surface area (Å²) in [5.41, 5.74) is 0.261. The fourth-order valence-electron chi connectivity index (χ4n) is 1.99. The van der Waals surface area contributed by atoms with E-state index in [1.165, 1.54) is 6.20 Å². The van der Waals surface area contributed by atoms with Crippen LogP contribution in [0.4, 0.5) is 0 Å². The van der Waals surface area contributed by atoms with Crippen molar-refractivity contribution in [1.82, 2.24) is 14.9 Å². The van der Waals surface area contributed by atoms with Gasteiger partial charge in [0.15, 0.2) is 5.03 Å². The Bertz CT molecular complexity index is 493. The highest BCUT2D eigenvalue weighted by Crippen LogP contribution is 2.19. The molecule has 1 fully saturated rings. The molecular formula is C10H17N3O4S. The lowest BCUT2D eigenvalue weighted by Crippen LogP contribution is -2.38. The van der Waals surface area contributed by atoms with Crippen LogP contribution in [0.5, 0.6) is 0 Å². The Morgan fingerprint density at radius 3 is 3.11 bits per heavy atom. The number of aromatic nitrogens is 2. The van der Waals surface area contributed by atoms with Gasteiger partial charge in [-0.05, 0) is 13.3 Å². The SMILES string of the molecule is CC(NS(=O)(=O)c1[nH]ncc1CO)C1CCOC1. The molecule has 2 unspecified atom stereocenters. The van der Waals surface area contributed by atoms with Crippen LogP contribution in [-0.2, 0) is 21.4 Å². The molecule has 0 aromatic carbocycles. The van der Waals surface area contributed by atoms with Crippen LogP contribution in [0, 0.1) is 5.92 Å². The van der Waals surface area contributed by atoms with Crippen molar-refractivity contribution in [2.75, 3.05) is 13.2 Å². The molecule has 1 aliphatic rings.